The molecule has 0 spiro atoms. The SMILES string of the molecule is CC(C)[C@H](NC(=O)c1ccccc1Cl)C(=O)N1CCc2[nH]c3ccccc3c2C1. The van der Waals surface area contributed by atoms with Gasteiger partial charge in [-0.25, -0.2) is 0 Å². The molecular formula is C23H24ClN3O2. The quantitative estimate of drug-likeness (QED) is 0.679. The molecule has 1 aliphatic rings. The number of carbonyl (C=O) groups is 2. The first-order chi connectivity index (χ1) is 14.0. The predicted molar refractivity (Wildman–Crippen MR) is 115 cm³/mol. The zero-order chi connectivity index (χ0) is 20.5. The number of benzene rings is 2. The van der Waals surface area contributed by atoms with Crippen LogP contribution in [-0.2, 0) is 17.8 Å². The van der Waals surface area contributed by atoms with Crippen LogP contribution in [0.2, 0.25) is 5.02 Å². The third-order valence-corrected chi connectivity index (χ3v) is 5.86. The highest BCUT2D eigenvalue weighted by molar-refractivity contribution is 6.33. The van der Waals surface area contributed by atoms with Crippen molar-refractivity contribution in [2.45, 2.75) is 32.9 Å². The number of hydrogen-bond acceptors (Lipinski definition) is 2. The maximum Gasteiger partial charge on any atom is 0.253 e. The van der Waals surface area contributed by atoms with Crippen molar-refractivity contribution in [1.29, 1.82) is 0 Å². The van der Waals surface area contributed by atoms with Crippen molar-refractivity contribution in [3.05, 3.63) is 70.4 Å². The molecule has 4 rings (SSSR count). The number of para-hydroxylation sites is 1. The summed E-state index contributed by atoms with van der Waals surface area (Å²) >= 11 is 6.15. The van der Waals surface area contributed by atoms with E-state index >= 15 is 0 Å². The van der Waals surface area contributed by atoms with Crippen LogP contribution in [0, 0.1) is 5.92 Å². The molecule has 2 aromatic carbocycles. The first-order valence-electron chi connectivity index (χ1n) is 9.88. The number of aromatic nitrogens is 1. The maximum atomic E-state index is 13.3. The van der Waals surface area contributed by atoms with Crippen LogP contribution in [0.1, 0.15) is 35.5 Å². The van der Waals surface area contributed by atoms with E-state index in [1.807, 2.05) is 30.9 Å². The van der Waals surface area contributed by atoms with Crippen molar-refractivity contribution < 1.29 is 9.59 Å². The van der Waals surface area contributed by atoms with Gasteiger partial charge in [0.05, 0.1) is 10.6 Å². The fraction of sp³-hybridized carbons (Fsp3) is 0.304. The van der Waals surface area contributed by atoms with Crippen LogP contribution in [0.25, 0.3) is 10.9 Å². The Kier molecular flexibility index (Phi) is 5.33. The highest BCUT2D eigenvalue weighted by atomic mass is 35.5. The second-order valence-electron chi connectivity index (χ2n) is 7.81. The molecule has 1 atom stereocenters. The molecule has 6 heteroatoms. The molecule has 0 unspecified atom stereocenters. The van der Waals surface area contributed by atoms with E-state index in [4.69, 9.17) is 11.6 Å². The van der Waals surface area contributed by atoms with Gasteiger partial charge in [0.25, 0.3) is 5.91 Å². The van der Waals surface area contributed by atoms with Crippen molar-refractivity contribution in [1.82, 2.24) is 15.2 Å². The van der Waals surface area contributed by atoms with Crippen molar-refractivity contribution in [2.75, 3.05) is 6.54 Å². The third kappa shape index (κ3) is 3.75. The molecule has 0 saturated carbocycles. The molecule has 0 bridgehead atoms. The standard InChI is InChI=1S/C23H24ClN3O2/c1-14(2)21(26-22(28)16-8-3-5-9-18(16)24)23(29)27-12-11-20-17(13-27)15-7-4-6-10-19(15)25-20/h3-10,14,21,25H,11-13H2,1-2H3,(H,26,28)/t21-/m0/s1. The molecular weight excluding hydrogens is 386 g/mol. The lowest BCUT2D eigenvalue weighted by Crippen LogP contribution is -2.52. The van der Waals surface area contributed by atoms with Gasteiger partial charge < -0.3 is 15.2 Å². The zero-order valence-electron chi connectivity index (χ0n) is 16.5. The minimum absolute atomic E-state index is 0.0432. The van der Waals surface area contributed by atoms with E-state index in [1.165, 1.54) is 11.3 Å². The molecule has 1 aliphatic heterocycles. The van der Waals surface area contributed by atoms with Gasteiger partial charge in [-0.3, -0.25) is 9.59 Å². The summed E-state index contributed by atoms with van der Waals surface area (Å²) in [5.41, 5.74) is 3.83. The summed E-state index contributed by atoms with van der Waals surface area (Å²) in [6.45, 7) is 5.06. The van der Waals surface area contributed by atoms with Gasteiger partial charge in [0.2, 0.25) is 5.91 Å². The Balaban J connectivity index is 1.55. The summed E-state index contributed by atoms with van der Waals surface area (Å²) in [4.78, 5) is 31.4. The Labute approximate surface area is 175 Å². The number of rotatable bonds is 4. The lowest BCUT2D eigenvalue weighted by atomic mass is 9.99. The number of nitrogens with one attached hydrogen (secondary N) is 2. The van der Waals surface area contributed by atoms with E-state index in [0.29, 0.717) is 23.7 Å². The molecule has 3 aromatic rings. The highest BCUT2D eigenvalue weighted by Gasteiger charge is 2.32. The number of halogens is 1. The lowest BCUT2D eigenvalue weighted by Gasteiger charge is -2.32. The van der Waals surface area contributed by atoms with Gasteiger partial charge in [-0.2, -0.15) is 0 Å². The molecule has 2 amide bonds. The summed E-state index contributed by atoms with van der Waals surface area (Å²) in [7, 11) is 0. The minimum atomic E-state index is -0.606. The van der Waals surface area contributed by atoms with Crippen LogP contribution in [-0.4, -0.2) is 34.3 Å². The van der Waals surface area contributed by atoms with Crippen molar-refractivity contribution in [2.24, 2.45) is 5.92 Å². The molecule has 2 N–H and O–H groups in total. The molecule has 2 heterocycles. The van der Waals surface area contributed by atoms with Gasteiger partial charge >= 0.3 is 0 Å². The number of carbonyl (C=O) groups excluding carboxylic acids is 2. The summed E-state index contributed by atoms with van der Waals surface area (Å²) in [6.07, 6.45) is 0.777. The van der Waals surface area contributed by atoms with Crippen LogP contribution >= 0.6 is 11.6 Å². The van der Waals surface area contributed by atoms with Gasteiger partial charge in [0.15, 0.2) is 0 Å². The maximum absolute atomic E-state index is 13.3. The number of aromatic amines is 1. The number of fused-ring (bicyclic) bond motifs is 3. The lowest BCUT2D eigenvalue weighted by molar-refractivity contribution is -0.135. The van der Waals surface area contributed by atoms with Crippen molar-refractivity contribution in [3.63, 3.8) is 0 Å². The average molecular weight is 410 g/mol. The van der Waals surface area contributed by atoms with Gasteiger partial charge in [0, 0.05) is 41.7 Å². The Morgan fingerprint density at radius 2 is 1.83 bits per heavy atom. The van der Waals surface area contributed by atoms with Crippen molar-refractivity contribution >= 4 is 34.3 Å². The first-order valence-corrected chi connectivity index (χ1v) is 10.3. The van der Waals surface area contributed by atoms with E-state index in [0.717, 1.165) is 17.3 Å². The highest BCUT2D eigenvalue weighted by Crippen LogP contribution is 2.28. The fourth-order valence-corrected chi connectivity index (χ4v) is 4.15. The molecule has 150 valence electrons. The Bertz CT molecular complexity index is 1070. The van der Waals surface area contributed by atoms with Gasteiger partial charge in [0.1, 0.15) is 6.04 Å². The monoisotopic (exact) mass is 409 g/mol. The molecule has 0 saturated heterocycles. The Morgan fingerprint density at radius 1 is 1.10 bits per heavy atom. The molecule has 5 nitrogen and oxygen atoms in total. The fourth-order valence-electron chi connectivity index (χ4n) is 3.93. The topological polar surface area (TPSA) is 65.2 Å². The Hall–Kier alpha value is -2.79. The van der Waals surface area contributed by atoms with Gasteiger partial charge in [-0.1, -0.05) is 55.8 Å². The van der Waals surface area contributed by atoms with Crippen LogP contribution in [0.15, 0.2) is 48.5 Å². The van der Waals surface area contributed by atoms with E-state index in [-0.39, 0.29) is 17.7 Å². The largest absolute Gasteiger partial charge is 0.358 e. The number of H-pyrrole nitrogens is 1. The molecule has 0 aliphatic carbocycles. The summed E-state index contributed by atoms with van der Waals surface area (Å²) in [5, 5.41) is 4.43. The average Bonchev–Trinajstić information content (AvgIpc) is 3.09. The van der Waals surface area contributed by atoms with Crippen LogP contribution in [0.4, 0.5) is 0 Å². The third-order valence-electron chi connectivity index (χ3n) is 5.53. The zero-order valence-corrected chi connectivity index (χ0v) is 17.3. The second-order valence-corrected chi connectivity index (χ2v) is 8.22. The molecule has 0 radical (unpaired) electrons. The Morgan fingerprint density at radius 3 is 2.59 bits per heavy atom. The molecule has 29 heavy (non-hydrogen) atoms. The normalized spacial score (nSPS) is 14.7. The number of hydrogen-bond donors (Lipinski definition) is 2. The van der Waals surface area contributed by atoms with Gasteiger partial charge in [-0.15, -0.1) is 0 Å². The molecule has 0 fully saturated rings. The van der Waals surface area contributed by atoms with E-state index in [2.05, 4.69) is 22.4 Å². The van der Waals surface area contributed by atoms with E-state index < -0.39 is 6.04 Å². The van der Waals surface area contributed by atoms with Crippen LogP contribution in [0.3, 0.4) is 0 Å². The van der Waals surface area contributed by atoms with Crippen LogP contribution in [0.5, 0.6) is 0 Å². The smallest absolute Gasteiger partial charge is 0.253 e. The predicted octanol–water partition coefficient (Wildman–Crippen LogP) is 4.16. The number of nitrogens with zero attached hydrogens (tertiary/aromatic N) is 1. The summed E-state index contributed by atoms with van der Waals surface area (Å²) in [6, 6.07) is 14.4. The minimum Gasteiger partial charge on any atom is -0.358 e. The second kappa shape index (κ2) is 7.91. The van der Waals surface area contributed by atoms with E-state index in [9.17, 15) is 9.59 Å². The first kappa shape index (κ1) is 19.5. The van der Waals surface area contributed by atoms with Crippen LogP contribution < -0.4 is 5.32 Å². The van der Waals surface area contributed by atoms with Crippen molar-refractivity contribution in [3.8, 4) is 0 Å². The van der Waals surface area contributed by atoms with Gasteiger partial charge in [-0.05, 0) is 24.1 Å². The summed E-state index contributed by atoms with van der Waals surface area (Å²) in [5.74, 6) is -0.429. The summed E-state index contributed by atoms with van der Waals surface area (Å²) < 4.78 is 0. The van der Waals surface area contributed by atoms with E-state index in [1.54, 1.807) is 24.3 Å². The number of amides is 2. The molecule has 1 aromatic heterocycles.